The molecule has 1 aromatic rings. The molecule has 0 radical (unpaired) electrons. The number of unbranched alkanes of at least 4 members (excludes halogenated alkanes) is 1. The lowest BCUT2D eigenvalue weighted by Crippen LogP contribution is -2.46. The van der Waals surface area contributed by atoms with Crippen molar-refractivity contribution in [1.82, 2.24) is 19.4 Å². The van der Waals surface area contributed by atoms with Crippen LogP contribution in [0.1, 0.15) is 25.3 Å². The summed E-state index contributed by atoms with van der Waals surface area (Å²) in [4.78, 5) is 17.1. The highest BCUT2D eigenvalue weighted by Gasteiger charge is 2.16. The van der Waals surface area contributed by atoms with Gasteiger partial charge < -0.3 is 15.1 Å². The summed E-state index contributed by atoms with van der Waals surface area (Å²) in [6.45, 7) is 9.67. The molecule has 0 saturated carbocycles. The summed E-state index contributed by atoms with van der Waals surface area (Å²) < 4.78 is 25.3. The zero-order chi connectivity index (χ0) is 21.3. The van der Waals surface area contributed by atoms with Crippen molar-refractivity contribution in [2.75, 3.05) is 59.9 Å². The average Bonchev–Trinajstić information content (AvgIpc) is 2.72. The van der Waals surface area contributed by atoms with Gasteiger partial charge in [0.2, 0.25) is 15.9 Å². The van der Waals surface area contributed by atoms with Gasteiger partial charge in [-0.3, -0.25) is 4.79 Å². The van der Waals surface area contributed by atoms with Gasteiger partial charge >= 0.3 is 0 Å². The van der Waals surface area contributed by atoms with E-state index in [1.807, 2.05) is 0 Å². The quantitative estimate of drug-likeness (QED) is 0.457. The van der Waals surface area contributed by atoms with Gasteiger partial charge in [-0.1, -0.05) is 19.1 Å². The van der Waals surface area contributed by atoms with Crippen LogP contribution in [0, 0.1) is 0 Å². The van der Waals surface area contributed by atoms with Crippen LogP contribution in [0.25, 0.3) is 6.08 Å². The van der Waals surface area contributed by atoms with Crippen LogP contribution >= 0.6 is 0 Å². The fourth-order valence-electron chi connectivity index (χ4n) is 3.19. The first kappa shape index (κ1) is 23.5. The van der Waals surface area contributed by atoms with Crippen LogP contribution in [0.4, 0.5) is 0 Å². The molecule has 1 saturated heterocycles. The van der Waals surface area contributed by atoms with Crippen molar-refractivity contribution in [3.63, 3.8) is 0 Å². The molecule has 1 aromatic carbocycles. The first-order valence-electron chi connectivity index (χ1n) is 10.3. The minimum atomic E-state index is -3.43. The molecular weight excluding hydrogens is 388 g/mol. The number of carbonyl (C=O) groups excluding carboxylic acids is 1. The zero-order valence-corrected chi connectivity index (χ0v) is 18.6. The van der Waals surface area contributed by atoms with Gasteiger partial charge in [-0.2, -0.15) is 0 Å². The molecule has 2 rings (SSSR count). The number of carbonyl (C=O) groups is 1. The van der Waals surface area contributed by atoms with Crippen LogP contribution in [0.15, 0.2) is 35.2 Å². The van der Waals surface area contributed by atoms with E-state index >= 15 is 0 Å². The number of nitrogens with one attached hydrogen (secondary N) is 1. The van der Waals surface area contributed by atoms with Crippen LogP contribution < -0.4 is 5.32 Å². The van der Waals surface area contributed by atoms with E-state index in [9.17, 15) is 13.2 Å². The van der Waals surface area contributed by atoms with Crippen LogP contribution in [0.2, 0.25) is 0 Å². The molecule has 0 bridgehead atoms. The molecule has 8 heteroatoms. The molecule has 0 unspecified atom stereocenters. The lowest BCUT2D eigenvalue weighted by Gasteiger charge is -2.33. The number of benzene rings is 1. The number of piperazine rings is 1. The van der Waals surface area contributed by atoms with E-state index < -0.39 is 10.0 Å². The smallest absolute Gasteiger partial charge is 0.243 e. The van der Waals surface area contributed by atoms with Gasteiger partial charge in [0.15, 0.2) is 0 Å². The molecule has 1 fully saturated rings. The van der Waals surface area contributed by atoms with Crippen molar-refractivity contribution < 1.29 is 13.2 Å². The second-order valence-electron chi connectivity index (χ2n) is 7.46. The second-order valence-corrected chi connectivity index (χ2v) is 9.62. The number of sulfonamides is 1. The molecule has 162 valence electrons. The highest BCUT2D eigenvalue weighted by Crippen LogP contribution is 2.14. The Labute approximate surface area is 175 Å². The Bertz CT molecular complexity index is 768. The van der Waals surface area contributed by atoms with Crippen LogP contribution in [-0.2, 0) is 14.8 Å². The summed E-state index contributed by atoms with van der Waals surface area (Å²) in [6.07, 6.45) is 5.22. The normalized spacial score (nSPS) is 16.6. The Morgan fingerprint density at radius 2 is 1.69 bits per heavy atom. The van der Waals surface area contributed by atoms with Crippen LogP contribution in [0.5, 0.6) is 0 Å². The Kier molecular flexibility index (Phi) is 9.29. The molecular formula is C21H34N4O3S. The fraction of sp³-hybridized carbons (Fsp3) is 0.571. The van der Waals surface area contributed by atoms with Gasteiger partial charge in [0.1, 0.15) is 0 Å². The molecule has 0 aromatic heterocycles. The van der Waals surface area contributed by atoms with E-state index in [1.54, 1.807) is 30.3 Å². The van der Waals surface area contributed by atoms with E-state index in [0.717, 1.165) is 57.7 Å². The third kappa shape index (κ3) is 7.54. The molecule has 0 atom stereocenters. The van der Waals surface area contributed by atoms with Crippen molar-refractivity contribution in [3.05, 3.63) is 35.9 Å². The third-order valence-electron chi connectivity index (χ3n) is 5.20. The Morgan fingerprint density at radius 1 is 1.07 bits per heavy atom. The van der Waals surface area contributed by atoms with Gasteiger partial charge in [-0.05, 0) is 49.7 Å². The molecule has 7 nitrogen and oxygen atoms in total. The molecule has 1 aliphatic rings. The average molecular weight is 423 g/mol. The summed E-state index contributed by atoms with van der Waals surface area (Å²) in [5.41, 5.74) is 0.782. The van der Waals surface area contributed by atoms with E-state index in [1.165, 1.54) is 24.5 Å². The van der Waals surface area contributed by atoms with Gasteiger partial charge in [-0.25, -0.2) is 12.7 Å². The van der Waals surface area contributed by atoms with E-state index in [4.69, 9.17) is 0 Å². The predicted molar refractivity (Wildman–Crippen MR) is 117 cm³/mol. The number of rotatable bonds is 10. The first-order valence-corrected chi connectivity index (χ1v) is 11.7. The van der Waals surface area contributed by atoms with Crippen molar-refractivity contribution in [2.45, 2.75) is 24.7 Å². The minimum absolute atomic E-state index is 0.133. The molecule has 1 aliphatic heterocycles. The SMILES string of the molecule is CCN1CCN(CCCCNC(=O)/C=C/c2ccc(S(=O)(=O)N(C)C)cc2)CC1. The summed E-state index contributed by atoms with van der Waals surface area (Å²) >= 11 is 0. The highest BCUT2D eigenvalue weighted by atomic mass is 32.2. The lowest BCUT2D eigenvalue weighted by molar-refractivity contribution is -0.116. The lowest BCUT2D eigenvalue weighted by atomic mass is 10.2. The standard InChI is InChI=1S/C21H34N4O3S/c1-4-24-15-17-25(18-16-24)14-6-5-13-22-21(26)12-9-19-7-10-20(11-8-19)29(27,28)23(2)3/h7-12H,4-6,13-18H2,1-3H3,(H,22,26)/b12-9+. The van der Waals surface area contributed by atoms with Crippen molar-refractivity contribution in [1.29, 1.82) is 0 Å². The molecule has 1 N–H and O–H groups in total. The van der Waals surface area contributed by atoms with Gasteiger partial charge in [-0.15, -0.1) is 0 Å². The number of hydrogen-bond donors (Lipinski definition) is 1. The maximum Gasteiger partial charge on any atom is 0.243 e. The molecule has 29 heavy (non-hydrogen) atoms. The largest absolute Gasteiger partial charge is 0.353 e. The number of amides is 1. The first-order chi connectivity index (χ1) is 13.8. The summed E-state index contributed by atoms with van der Waals surface area (Å²) in [5.74, 6) is -0.133. The molecule has 0 spiro atoms. The summed E-state index contributed by atoms with van der Waals surface area (Å²) in [6, 6.07) is 6.48. The molecule has 1 heterocycles. The maximum atomic E-state index is 12.0. The monoisotopic (exact) mass is 422 g/mol. The van der Waals surface area contributed by atoms with Gasteiger partial charge in [0, 0.05) is 52.9 Å². The highest BCUT2D eigenvalue weighted by molar-refractivity contribution is 7.89. The fourth-order valence-corrected chi connectivity index (χ4v) is 4.10. The van der Waals surface area contributed by atoms with Crippen molar-refractivity contribution >= 4 is 22.0 Å². The van der Waals surface area contributed by atoms with Crippen LogP contribution in [0.3, 0.4) is 0 Å². The van der Waals surface area contributed by atoms with E-state index in [-0.39, 0.29) is 10.8 Å². The molecule has 0 aliphatic carbocycles. The predicted octanol–water partition coefficient (Wildman–Crippen LogP) is 1.48. The summed E-state index contributed by atoms with van der Waals surface area (Å²) in [5, 5.41) is 2.90. The number of nitrogens with zero attached hydrogens (tertiary/aromatic N) is 3. The van der Waals surface area contributed by atoms with Crippen molar-refractivity contribution in [3.8, 4) is 0 Å². The topological polar surface area (TPSA) is 73.0 Å². The maximum absolute atomic E-state index is 12.0. The van der Waals surface area contributed by atoms with E-state index in [0.29, 0.717) is 6.54 Å². The summed E-state index contributed by atoms with van der Waals surface area (Å²) in [7, 11) is -0.431. The van der Waals surface area contributed by atoms with Crippen LogP contribution in [-0.4, -0.2) is 88.3 Å². The zero-order valence-electron chi connectivity index (χ0n) is 17.8. The van der Waals surface area contributed by atoms with Gasteiger partial charge in [0.25, 0.3) is 0 Å². The number of likely N-dealkylation sites (N-methyl/N-ethyl adjacent to an activating group) is 1. The number of hydrogen-bond acceptors (Lipinski definition) is 5. The molecule has 1 amide bonds. The van der Waals surface area contributed by atoms with Crippen molar-refractivity contribution in [2.24, 2.45) is 0 Å². The van der Waals surface area contributed by atoms with Gasteiger partial charge in [0.05, 0.1) is 4.90 Å². The minimum Gasteiger partial charge on any atom is -0.353 e. The second kappa shape index (κ2) is 11.4. The Balaban J connectivity index is 1.66. The Hall–Kier alpha value is -1.74. The van der Waals surface area contributed by atoms with E-state index in [2.05, 4.69) is 22.0 Å². The Morgan fingerprint density at radius 3 is 2.28 bits per heavy atom. The third-order valence-corrected chi connectivity index (χ3v) is 7.03.